The summed E-state index contributed by atoms with van der Waals surface area (Å²) in [5, 5.41) is 0. The zero-order valence-electron chi connectivity index (χ0n) is 16.1. The Hall–Kier alpha value is -2.34. The maximum Gasteiger partial charge on any atom is 0.410 e. The van der Waals surface area contributed by atoms with Crippen LogP contribution in [0.2, 0.25) is 0 Å². The number of nitrogens with zero attached hydrogens (tertiary/aromatic N) is 1. The molecule has 5 nitrogen and oxygen atoms in total. The average molecular weight is 400 g/mol. The van der Waals surface area contributed by atoms with E-state index in [0.717, 1.165) is 29.5 Å². The molecule has 2 aromatic carbocycles. The summed E-state index contributed by atoms with van der Waals surface area (Å²) in [4.78, 5) is 14.7. The number of hydrogen-bond donors (Lipinski definition) is 0. The predicted molar refractivity (Wildman–Crippen MR) is 107 cm³/mol. The summed E-state index contributed by atoms with van der Waals surface area (Å²) in [5.41, 5.74) is 2.81. The molecule has 6 heteroatoms. The van der Waals surface area contributed by atoms with E-state index in [9.17, 15) is 13.2 Å². The Labute approximate surface area is 166 Å². The SMILES string of the molecule is Cc1ccc2c(c1)C1(CCN(C(=O)OCc3ccccc3)CC1)CCS2(=O)=O. The number of carbonyl (C=O) groups is 1. The van der Waals surface area contributed by atoms with Gasteiger partial charge in [-0.1, -0.05) is 48.0 Å². The fourth-order valence-corrected chi connectivity index (χ4v) is 6.12. The van der Waals surface area contributed by atoms with Crippen LogP contribution in [0, 0.1) is 6.92 Å². The Morgan fingerprint density at radius 3 is 2.50 bits per heavy atom. The highest BCUT2D eigenvalue weighted by Gasteiger charge is 2.44. The fourth-order valence-electron chi connectivity index (χ4n) is 4.35. The van der Waals surface area contributed by atoms with Gasteiger partial charge in [0.05, 0.1) is 10.6 Å². The van der Waals surface area contributed by atoms with Crippen LogP contribution in [0.5, 0.6) is 0 Å². The number of hydrogen-bond acceptors (Lipinski definition) is 4. The second-order valence-corrected chi connectivity index (χ2v) is 9.95. The Balaban J connectivity index is 1.46. The molecule has 0 aliphatic carbocycles. The third-order valence-corrected chi connectivity index (χ3v) is 7.84. The molecule has 2 aliphatic rings. The molecule has 1 amide bonds. The number of sulfone groups is 1. The second-order valence-electron chi connectivity index (χ2n) is 7.88. The Morgan fingerprint density at radius 1 is 1.07 bits per heavy atom. The van der Waals surface area contributed by atoms with Crippen LogP contribution in [0.3, 0.4) is 0 Å². The lowest BCUT2D eigenvalue weighted by atomic mass is 9.70. The van der Waals surface area contributed by atoms with Crippen LogP contribution in [0.1, 0.15) is 36.0 Å². The molecule has 0 bridgehead atoms. The summed E-state index contributed by atoms with van der Waals surface area (Å²) in [6, 6.07) is 15.3. The molecule has 148 valence electrons. The molecule has 0 N–H and O–H groups in total. The second kappa shape index (κ2) is 7.24. The number of piperidine rings is 1. The number of ether oxygens (including phenoxy) is 1. The number of fused-ring (bicyclic) bond motifs is 2. The van der Waals surface area contributed by atoms with Crippen molar-refractivity contribution in [3.05, 3.63) is 65.2 Å². The molecule has 2 aromatic rings. The van der Waals surface area contributed by atoms with Gasteiger partial charge in [0.15, 0.2) is 9.84 Å². The lowest BCUT2D eigenvalue weighted by Crippen LogP contribution is -2.48. The Kier molecular flexibility index (Phi) is 4.91. The molecule has 1 fully saturated rings. The van der Waals surface area contributed by atoms with E-state index in [1.54, 1.807) is 11.0 Å². The van der Waals surface area contributed by atoms with Gasteiger partial charge in [0, 0.05) is 18.5 Å². The molecule has 0 aromatic heterocycles. The Morgan fingerprint density at radius 2 is 1.79 bits per heavy atom. The molecule has 1 saturated heterocycles. The van der Waals surface area contributed by atoms with Crippen molar-refractivity contribution in [1.82, 2.24) is 4.90 Å². The minimum atomic E-state index is -3.21. The summed E-state index contributed by atoms with van der Waals surface area (Å²) >= 11 is 0. The van der Waals surface area contributed by atoms with E-state index in [0.29, 0.717) is 24.4 Å². The highest BCUT2D eigenvalue weighted by molar-refractivity contribution is 7.91. The van der Waals surface area contributed by atoms with E-state index in [2.05, 4.69) is 0 Å². The van der Waals surface area contributed by atoms with Crippen molar-refractivity contribution < 1.29 is 17.9 Å². The predicted octanol–water partition coefficient (Wildman–Crippen LogP) is 3.84. The van der Waals surface area contributed by atoms with Crippen molar-refractivity contribution in [2.45, 2.75) is 43.1 Å². The minimum Gasteiger partial charge on any atom is -0.445 e. The van der Waals surface area contributed by atoms with Crippen LogP contribution in [0.25, 0.3) is 0 Å². The van der Waals surface area contributed by atoms with E-state index in [4.69, 9.17) is 4.74 Å². The summed E-state index contributed by atoms with van der Waals surface area (Å²) in [6.07, 6.45) is 1.85. The standard InChI is InChI=1S/C22H25NO4S/c1-17-7-8-20-19(15-17)22(11-14-28(20,25)26)9-12-23(13-10-22)21(24)27-16-18-5-3-2-4-6-18/h2-8,15H,9-14,16H2,1H3. The van der Waals surface area contributed by atoms with Crippen LogP contribution < -0.4 is 0 Å². The number of likely N-dealkylation sites (tertiary alicyclic amines) is 1. The zero-order chi connectivity index (χ0) is 19.8. The maximum absolute atomic E-state index is 12.5. The normalized spacial score (nSPS) is 19.8. The molecule has 28 heavy (non-hydrogen) atoms. The fraction of sp³-hybridized carbons (Fsp3) is 0.409. The first-order chi connectivity index (χ1) is 13.4. The molecule has 2 aliphatic heterocycles. The number of rotatable bonds is 2. The van der Waals surface area contributed by atoms with Crippen molar-refractivity contribution in [3.63, 3.8) is 0 Å². The molecular formula is C22H25NO4S. The molecule has 0 atom stereocenters. The van der Waals surface area contributed by atoms with Gasteiger partial charge < -0.3 is 9.64 Å². The summed E-state index contributed by atoms with van der Waals surface area (Å²) in [5.74, 6) is 0.182. The summed E-state index contributed by atoms with van der Waals surface area (Å²) in [6.45, 7) is 3.43. The van der Waals surface area contributed by atoms with E-state index in [1.807, 2.05) is 49.4 Å². The van der Waals surface area contributed by atoms with Gasteiger partial charge in [-0.25, -0.2) is 13.2 Å². The number of carbonyl (C=O) groups excluding carboxylic acids is 1. The number of aryl methyl sites for hydroxylation is 1. The molecule has 0 saturated carbocycles. The largest absolute Gasteiger partial charge is 0.445 e. The number of amides is 1. The molecule has 0 radical (unpaired) electrons. The van der Waals surface area contributed by atoms with Crippen molar-refractivity contribution in [3.8, 4) is 0 Å². The van der Waals surface area contributed by atoms with Gasteiger partial charge in [-0.2, -0.15) is 0 Å². The Bertz CT molecular complexity index is 977. The number of benzene rings is 2. The van der Waals surface area contributed by atoms with Crippen molar-refractivity contribution >= 4 is 15.9 Å². The lowest BCUT2D eigenvalue weighted by Gasteiger charge is -2.44. The molecule has 0 unspecified atom stereocenters. The van der Waals surface area contributed by atoms with Crippen LogP contribution in [0.15, 0.2) is 53.4 Å². The van der Waals surface area contributed by atoms with Gasteiger partial charge in [0.1, 0.15) is 6.61 Å². The first kappa shape index (κ1) is 19.0. The minimum absolute atomic E-state index is 0.164. The van der Waals surface area contributed by atoms with Crippen molar-refractivity contribution in [2.75, 3.05) is 18.8 Å². The molecular weight excluding hydrogens is 374 g/mol. The highest BCUT2D eigenvalue weighted by atomic mass is 32.2. The highest BCUT2D eigenvalue weighted by Crippen LogP contribution is 2.46. The summed E-state index contributed by atoms with van der Waals surface area (Å²) in [7, 11) is -3.21. The smallest absolute Gasteiger partial charge is 0.410 e. The summed E-state index contributed by atoms with van der Waals surface area (Å²) < 4.78 is 30.5. The van der Waals surface area contributed by atoms with E-state index >= 15 is 0 Å². The molecule has 1 spiro atoms. The van der Waals surface area contributed by atoms with Crippen molar-refractivity contribution in [1.29, 1.82) is 0 Å². The first-order valence-electron chi connectivity index (χ1n) is 9.69. The van der Waals surface area contributed by atoms with Gasteiger partial charge in [-0.05, 0) is 43.4 Å². The molecule has 4 rings (SSSR count). The first-order valence-corrected chi connectivity index (χ1v) is 11.3. The van der Waals surface area contributed by atoms with Gasteiger partial charge >= 0.3 is 6.09 Å². The van der Waals surface area contributed by atoms with E-state index < -0.39 is 9.84 Å². The van der Waals surface area contributed by atoms with Crippen LogP contribution in [-0.4, -0.2) is 38.3 Å². The zero-order valence-corrected chi connectivity index (χ0v) is 16.9. The lowest BCUT2D eigenvalue weighted by molar-refractivity contribution is 0.0759. The van der Waals surface area contributed by atoms with Gasteiger partial charge in [-0.3, -0.25) is 0 Å². The van der Waals surface area contributed by atoms with Crippen LogP contribution in [-0.2, 0) is 26.6 Å². The third-order valence-electron chi connectivity index (χ3n) is 6.07. The van der Waals surface area contributed by atoms with E-state index in [-0.39, 0.29) is 23.9 Å². The molecule has 2 heterocycles. The quantitative estimate of drug-likeness (QED) is 0.770. The van der Waals surface area contributed by atoms with E-state index in [1.165, 1.54) is 0 Å². The van der Waals surface area contributed by atoms with Gasteiger partial charge in [0.25, 0.3) is 0 Å². The average Bonchev–Trinajstić information content (AvgIpc) is 2.71. The van der Waals surface area contributed by atoms with Crippen molar-refractivity contribution in [2.24, 2.45) is 0 Å². The van der Waals surface area contributed by atoms with Gasteiger partial charge in [0.2, 0.25) is 0 Å². The monoisotopic (exact) mass is 399 g/mol. The topological polar surface area (TPSA) is 63.7 Å². The van der Waals surface area contributed by atoms with Gasteiger partial charge in [-0.15, -0.1) is 0 Å². The maximum atomic E-state index is 12.5. The van der Waals surface area contributed by atoms with Crippen LogP contribution >= 0.6 is 0 Å². The van der Waals surface area contributed by atoms with Crippen LogP contribution in [0.4, 0.5) is 4.79 Å². The third kappa shape index (κ3) is 3.53.